The Labute approximate surface area is 101 Å². The van der Waals surface area contributed by atoms with Crippen LogP contribution in [0.25, 0.3) is 5.52 Å². The number of carbonyl (C=O) groups is 1. The van der Waals surface area contributed by atoms with Gasteiger partial charge in [0.15, 0.2) is 5.69 Å². The van der Waals surface area contributed by atoms with Crippen molar-refractivity contribution in [1.29, 1.82) is 0 Å². The van der Waals surface area contributed by atoms with Crippen LogP contribution in [0.3, 0.4) is 0 Å². The van der Waals surface area contributed by atoms with Gasteiger partial charge in [-0.15, -0.1) is 0 Å². The van der Waals surface area contributed by atoms with Gasteiger partial charge in [0.25, 0.3) is 0 Å². The fourth-order valence-corrected chi connectivity index (χ4v) is 1.91. The van der Waals surface area contributed by atoms with Gasteiger partial charge in [-0.05, 0) is 41.4 Å². The van der Waals surface area contributed by atoms with E-state index in [-0.39, 0.29) is 5.97 Å². The Kier molecular flexibility index (Phi) is 2.96. The van der Waals surface area contributed by atoms with Crippen molar-refractivity contribution in [3.8, 4) is 0 Å². The van der Waals surface area contributed by atoms with Crippen LogP contribution >= 0.6 is 15.9 Å². The van der Waals surface area contributed by atoms with E-state index in [2.05, 4.69) is 20.9 Å². The molecule has 2 aromatic rings. The van der Waals surface area contributed by atoms with Crippen LogP contribution in [0.4, 0.5) is 0 Å². The molecule has 84 valence electrons. The summed E-state index contributed by atoms with van der Waals surface area (Å²) in [6, 6.07) is 1.73. The summed E-state index contributed by atoms with van der Waals surface area (Å²) >= 11 is 3.44. The molecule has 0 fully saturated rings. The van der Waals surface area contributed by atoms with Gasteiger partial charge in [0, 0.05) is 10.7 Å². The first-order valence-electron chi connectivity index (χ1n) is 4.93. The Morgan fingerprint density at radius 2 is 2.38 bits per heavy atom. The molecule has 0 saturated heterocycles. The van der Waals surface area contributed by atoms with Crippen molar-refractivity contribution in [1.82, 2.24) is 9.38 Å². The van der Waals surface area contributed by atoms with E-state index in [0.29, 0.717) is 12.3 Å². The summed E-state index contributed by atoms with van der Waals surface area (Å²) in [7, 11) is 0. The normalized spacial score (nSPS) is 10.7. The van der Waals surface area contributed by atoms with Crippen LogP contribution in [-0.2, 0) is 4.74 Å². The highest BCUT2D eigenvalue weighted by Gasteiger charge is 2.11. The molecule has 0 atom stereocenters. The summed E-state index contributed by atoms with van der Waals surface area (Å²) in [4.78, 5) is 15.5. The minimum atomic E-state index is -0.387. The molecule has 0 amide bonds. The molecule has 2 heterocycles. The van der Waals surface area contributed by atoms with E-state index >= 15 is 0 Å². The van der Waals surface area contributed by atoms with Gasteiger partial charge in [0.2, 0.25) is 0 Å². The predicted octanol–water partition coefficient (Wildman–Crippen LogP) is 2.58. The first kappa shape index (κ1) is 11.1. The van der Waals surface area contributed by atoms with Crippen LogP contribution in [0.2, 0.25) is 0 Å². The first-order valence-corrected chi connectivity index (χ1v) is 5.72. The fourth-order valence-electron chi connectivity index (χ4n) is 1.49. The standard InChI is InChI=1S/C11H11BrN2O2/c1-3-16-11(15)9-4-10-7(2)8(12)5-14(10)6-13-9/h4-6H,3H2,1-2H3. The number of ether oxygens (including phenoxy) is 1. The second-order valence-electron chi connectivity index (χ2n) is 3.39. The molecular formula is C11H11BrN2O2. The number of fused-ring (bicyclic) bond motifs is 1. The summed E-state index contributed by atoms with van der Waals surface area (Å²) in [5.41, 5.74) is 2.36. The molecule has 0 radical (unpaired) electrons. The summed E-state index contributed by atoms with van der Waals surface area (Å²) in [6.07, 6.45) is 3.52. The molecule has 0 aliphatic rings. The van der Waals surface area contributed by atoms with Crippen LogP contribution in [0.1, 0.15) is 23.0 Å². The number of halogens is 1. The summed E-state index contributed by atoms with van der Waals surface area (Å²) < 4.78 is 7.76. The minimum Gasteiger partial charge on any atom is -0.461 e. The number of carbonyl (C=O) groups excluding carboxylic acids is 1. The zero-order valence-corrected chi connectivity index (χ0v) is 10.6. The van der Waals surface area contributed by atoms with Crippen LogP contribution in [0, 0.1) is 6.92 Å². The smallest absolute Gasteiger partial charge is 0.357 e. The van der Waals surface area contributed by atoms with Gasteiger partial charge in [0.1, 0.15) is 6.33 Å². The lowest BCUT2D eigenvalue weighted by molar-refractivity contribution is 0.0519. The summed E-state index contributed by atoms with van der Waals surface area (Å²) in [5, 5.41) is 0. The van der Waals surface area contributed by atoms with Gasteiger partial charge >= 0.3 is 5.97 Å². The maximum absolute atomic E-state index is 11.5. The molecule has 2 rings (SSSR count). The van der Waals surface area contributed by atoms with Crippen molar-refractivity contribution < 1.29 is 9.53 Å². The van der Waals surface area contributed by atoms with Crippen molar-refractivity contribution in [2.24, 2.45) is 0 Å². The molecule has 0 saturated carbocycles. The Morgan fingerprint density at radius 1 is 1.62 bits per heavy atom. The zero-order valence-electron chi connectivity index (χ0n) is 9.03. The molecule has 5 heteroatoms. The molecule has 0 aromatic carbocycles. The highest BCUT2D eigenvalue weighted by Crippen LogP contribution is 2.22. The van der Waals surface area contributed by atoms with Gasteiger partial charge in [-0.2, -0.15) is 0 Å². The quantitative estimate of drug-likeness (QED) is 0.796. The molecule has 0 aliphatic heterocycles. The van der Waals surface area contributed by atoms with Gasteiger partial charge in [-0.3, -0.25) is 0 Å². The SMILES string of the molecule is CCOC(=O)c1cc2c(C)c(Br)cn2cn1. The van der Waals surface area contributed by atoms with Crippen LogP contribution in [0.5, 0.6) is 0 Å². The molecule has 2 aromatic heterocycles. The molecule has 0 spiro atoms. The molecule has 0 bridgehead atoms. The molecular weight excluding hydrogens is 272 g/mol. The van der Waals surface area contributed by atoms with Gasteiger partial charge in [-0.1, -0.05) is 0 Å². The van der Waals surface area contributed by atoms with E-state index in [1.54, 1.807) is 19.3 Å². The Balaban J connectivity index is 2.50. The average molecular weight is 283 g/mol. The third kappa shape index (κ3) is 1.82. The minimum absolute atomic E-state index is 0.336. The zero-order chi connectivity index (χ0) is 11.7. The van der Waals surface area contributed by atoms with Crippen LogP contribution in [-0.4, -0.2) is 22.0 Å². The second-order valence-corrected chi connectivity index (χ2v) is 4.24. The number of aromatic nitrogens is 2. The van der Waals surface area contributed by atoms with Gasteiger partial charge in [0.05, 0.1) is 12.1 Å². The first-order chi connectivity index (χ1) is 7.63. The number of hydrogen-bond acceptors (Lipinski definition) is 3. The van der Waals surface area contributed by atoms with E-state index in [9.17, 15) is 4.79 Å². The topological polar surface area (TPSA) is 43.6 Å². The maximum Gasteiger partial charge on any atom is 0.357 e. The third-order valence-corrected chi connectivity index (χ3v) is 3.15. The highest BCUT2D eigenvalue weighted by molar-refractivity contribution is 9.10. The van der Waals surface area contributed by atoms with Crippen molar-refractivity contribution in [3.05, 3.63) is 34.3 Å². The van der Waals surface area contributed by atoms with Gasteiger partial charge < -0.3 is 9.14 Å². The average Bonchev–Trinajstić information content (AvgIpc) is 2.55. The summed E-state index contributed by atoms with van der Waals surface area (Å²) in [6.45, 7) is 4.11. The number of rotatable bonds is 2. The second kappa shape index (κ2) is 4.25. The fraction of sp³-hybridized carbons (Fsp3) is 0.273. The van der Waals surface area contributed by atoms with Crippen molar-refractivity contribution in [2.75, 3.05) is 6.61 Å². The van der Waals surface area contributed by atoms with Crippen molar-refractivity contribution >= 4 is 27.4 Å². The number of aryl methyl sites for hydroxylation is 1. The lowest BCUT2D eigenvalue weighted by atomic mass is 10.3. The third-order valence-electron chi connectivity index (χ3n) is 2.35. The Bertz CT molecular complexity index is 548. The van der Waals surface area contributed by atoms with Crippen LogP contribution in [0.15, 0.2) is 23.1 Å². The molecule has 0 aliphatic carbocycles. The number of hydrogen-bond donors (Lipinski definition) is 0. The van der Waals surface area contributed by atoms with Crippen molar-refractivity contribution in [2.45, 2.75) is 13.8 Å². The van der Waals surface area contributed by atoms with Crippen molar-refractivity contribution in [3.63, 3.8) is 0 Å². The lowest BCUT2D eigenvalue weighted by Gasteiger charge is -2.01. The lowest BCUT2D eigenvalue weighted by Crippen LogP contribution is -2.07. The molecule has 0 unspecified atom stereocenters. The van der Waals surface area contributed by atoms with E-state index in [1.807, 2.05) is 17.5 Å². The molecule has 0 N–H and O–H groups in total. The molecule has 16 heavy (non-hydrogen) atoms. The number of esters is 1. The predicted molar refractivity (Wildman–Crippen MR) is 63.6 cm³/mol. The van der Waals surface area contributed by atoms with E-state index in [1.165, 1.54) is 0 Å². The van der Waals surface area contributed by atoms with Crippen LogP contribution < -0.4 is 0 Å². The largest absolute Gasteiger partial charge is 0.461 e. The Morgan fingerprint density at radius 3 is 3.06 bits per heavy atom. The Hall–Kier alpha value is -1.36. The highest BCUT2D eigenvalue weighted by atomic mass is 79.9. The van der Waals surface area contributed by atoms with E-state index in [4.69, 9.17) is 4.74 Å². The van der Waals surface area contributed by atoms with Gasteiger partial charge in [-0.25, -0.2) is 9.78 Å². The maximum atomic E-state index is 11.5. The summed E-state index contributed by atoms with van der Waals surface area (Å²) in [5.74, 6) is -0.387. The van der Waals surface area contributed by atoms with E-state index in [0.717, 1.165) is 15.6 Å². The number of nitrogens with zero attached hydrogens (tertiary/aromatic N) is 2. The van der Waals surface area contributed by atoms with E-state index < -0.39 is 0 Å². The molecule has 4 nitrogen and oxygen atoms in total. The monoisotopic (exact) mass is 282 g/mol.